The van der Waals surface area contributed by atoms with Gasteiger partial charge in [0.05, 0.1) is 12.7 Å². The smallest absolute Gasteiger partial charge is 0.258 e. The van der Waals surface area contributed by atoms with Gasteiger partial charge in [0.15, 0.2) is 0 Å². The maximum atomic E-state index is 8.98. The molecule has 0 aliphatic carbocycles. The van der Waals surface area contributed by atoms with Crippen LogP contribution in [0, 0.1) is 0 Å². The van der Waals surface area contributed by atoms with Gasteiger partial charge in [0.1, 0.15) is 6.79 Å². The number of aliphatic hydroxyl groups is 1. The first kappa shape index (κ1) is 12.6. The number of thiocarbonyl (C=S) groups is 1. The number of aliphatic hydroxyl groups excluding tert-OH is 1. The van der Waals surface area contributed by atoms with Crippen molar-refractivity contribution >= 4 is 34.8 Å². The van der Waals surface area contributed by atoms with Gasteiger partial charge >= 0.3 is 0 Å². The third-order valence-corrected chi connectivity index (χ3v) is 3.44. The molecule has 0 aromatic heterocycles. The Hall–Kier alpha value is -0.820. The minimum absolute atomic E-state index is 0.163. The van der Waals surface area contributed by atoms with Crippen LogP contribution in [0.2, 0.25) is 0 Å². The van der Waals surface area contributed by atoms with Crippen LogP contribution in [-0.2, 0) is 9.47 Å². The molecular weight excluding hydrogens is 258 g/mol. The molecule has 2 rings (SSSR count). The van der Waals surface area contributed by atoms with Gasteiger partial charge in [-0.15, -0.1) is 11.8 Å². The summed E-state index contributed by atoms with van der Waals surface area (Å²) in [7, 11) is 0. The second-order valence-corrected chi connectivity index (χ2v) is 5.03. The molecule has 0 radical (unpaired) electrons. The third kappa shape index (κ3) is 4.16. The summed E-state index contributed by atoms with van der Waals surface area (Å²) in [6.07, 6.45) is 0.163. The second kappa shape index (κ2) is 6.20. The van der Waals surface area contributed by atoms with E-state index in [4.69, 9.17) is 14.6 Å². The Balaban J connectivity index is 1.88. The molecule has 1 aromatic rings. The largest absolute Gasteiger partial charge is 0.486 e. The van der Waals surface area contributed by atoms with Gasteiger partial charge in [-0.1, -0.05) is 6.07 Å². The van der Waals surface area contributed by atoms with Gasteiger partial charge in [-0.25, -0.2) is 0 Å². The van der Waals surface area contributed by atoms with Crippen LogP contribution in [0.1, 0.15) is 0 Å². The molecule has 0 amide bonds. The number of hydrogen-bond acceptors (Lipinski definition) is 4. The lowest BCUT2D eigenvalue weighted by atomic mass is 10.3. The van der Waals surface area contributed by atoms with Crippen molar-refractivity contribution < 1.29 is 14.6 Å². The lowest BCUT2D eigenvalue weighted by Gasteiger charge is -2.08. The van der Waals surface area contributed by atoms with Crippen molar-refractivity contribution in [3.63, 3.8) is 0 Å². The Morgan fingerprint density at radius 2 is 2.47 bits per heavy atom. The summed E-state index contributed by atoms with van der Waals surface area (Å²) in [5.41, 5.74) is 0.783. The first-order valence-electron chi connectivity index (χ1n) is 5.16. The topological polar surface area (TPSA) is 50.7 Å². The molecule has 1 saturated heterocycles. The maximum absolute atomic E-state index is 8.98. The first-order chi connectivity index (χ1) is 8.24. The van der Waals surface area contributed by atoms with E-state index in [9.17, 15) is 0 Å². The van der Waals surface area contributed by atoms with Gasteiger partial charge in [0.25, 0.3) is 5.17 Å². The first-order valence-corrected chi connectivity index (χ1v) is 6.55. The lowest BCUT2D eigenvalue weighted by molar-refractivity contribution is 0.0524. The molecule has 4 nitrogen and oxygen atoms in total. The zero-order valence-corrected chi connectivity index (χ0v) is 10.7. The molecule has 1 aliphatic rings. The average molecular weight is 271 g/mol. The minimum Gasteiger partial charge on any atom is -0.486 e. The van der Waals surface area contributed by atoms with Crippen LogP contribution in [0.15, 0.2) is 29.2 Å². The Bertz CT molecular complexity index is 394. The van der Waals surface area contributed by atoms with E-state index in [2.05, 4.69) is 17.5 Å². The van der Waals surface area contributed by atoms with Gasteiger partial charge in [0.2, 0.25) is 0 Å². The highest BCUT2D eigenvalue weighted by atomic mass is 32.2. The van der Waals surface area contributed by atoms with Gasteiger partial charge in [0, 0.05) is 16.3 Å². The van der Waals surface area contributed by atoms with E-state index < -0.39 is 0 Å². The van der Waals surface area contributed by atoms with Crippen LogP contribution < -0.4 is 5.32 Å². The fourth-order valence-corrected chi connectivity index (χ4v) is 2.52. The molecule has 1 fully saturated rings. The zero-order chi connectivity index (χ0) is 12.1. The van der Waals surface area contributed by atoms with Gasteiger partial charge < -0.3 is 19.9 Å². The van der Waals surface area contributed by atoms with E-state index in [1.807, 2.05) is 24.3 Å². The van der Waals surface area contributed by atoms with Crippen LogP contribution >= 0.6 is 24.0 Å². The van der Waals surface area contributed by atoms with Crippen LogP contribution in [-0.4, -0.2) is 35.5 Å². The molecule has 0 saturated carbocycles. The second-order valence-electron chi connectivity index (χ2n) is 3.55. The molecule has 1 aromatic carbocycles. The predicted molar refractivity (Wildman–Crippen MR) is 71.7 cm³/mol. The van der Waals surface area contributed by atoms with E-state index >= 15 is 0 Å². The number of rotatable bonds is 4. The number of nitrogens with one attached hydrogen (secondary N) is 1. The molecule has 17 heavy (non-hydrogen) atoms. The summed E-state index contributed by atoms with van der Waals surface area (Å²) >= 11 is 6.26. The van der Waals surface area contributed by atoms with Gasteiger partial charge in [-0.3, -0.25) is 0 Å². The molecule has 2 N–H and O–H groups in total. The van der Waals surface area contributed by atoms with Gasteiger partial charge in [-0.05, 0) is 30.4 Å². The quantitative estimate of drug-likeness (QED) is 0.648. The number of ether oxygens (including phenoxy) is 2. The average Bonchev–Trinajstić information content (AvgIpc) is 2.79. The van der Waals surface area contributed by atoms with Crippen molar-refractivity contribution in [2.45, 2.75) is 11.0 Å². The van der Waals surface area contributed by atoms with Crippen molar-refractivity contribution in [1.82, 2.24) is 0 Å². The molecule has 6 heteroatoms. The normalized spacial score (nSPS) is 19.2. The maximum Gasteiger partial charge on any atom is 0.258 e. The molecular formula is C11H13NO3S2. The SMILES string of the molecule is OC(=S)Nc1cccc(SCC2COCO2)c1. The lowest BCUT2D eigenvalue weighted by Crippen LogP contribution is -2.12. The molecule has 1 heterocycles. The van der Waals surface area contributed by atoms with Crippen LogP contribution in [0.3, 0.4) is 0 Å². The Morgan fingerprint density at radius 3 is 3.18 bits per heavy atom. The molecule has 1 aliphatic heterocycles. The zero-order valence-electron chi connectivity index (χ0n) is 9.09. The van der Waals surface area contributed by atoms with E-state index in [1.165, 1.54) is 0 Å². The number of benzene rings is 1. The van der Waals surface area contributed by atoms with Crippen molar-refractivity contribution in [1.29, 1.82) is 0 Å². The number of thioether (sulfide) groups is 1. The summed E-state index contributed by atoms with van der Waals surface area (Å²) in [5.74, 6) is 0.854. The summed E-state index contributed by atoms with van der Waals surface area (Å²) in [5, 5.41) is 11.4. The van der Waals surface area contributed by atoms with Crippen molar-refractivity contribution in [2.75, 3.05) is 24.5 Å². The highest BCUT2D eigenvalue weighted by molar-refractivity contribution is 7.99. The van der Waals surface area contributed by atoms with Crippen molar-refractivity contribution in [2.24, 2.45) is 0 Å². The number of hydrogen-bond donors (Lipinski definition) is 2. The summed E-state index contributed by atoms with van der Waals surface area (Å²) in [6, 6.07) is 7.70. The predicted octanol–water partition coefficient (Wildman–Crippen LogP) is 2.41. The van der Waals surface area contributed by atoms with Crippen LogP contribution in [0.5, 0.6) is 0 Å². The van der Waals surface area contributed by atoms with Gasteiger partial charge in [-0.2, -0.15) is 0 Å². The van der Waals surface area contributed by atoms with Crippen LogP contribution in [0.4, 0.5) is 5.69 Å². The minimum atomic E-state index is -0.223. The third-order valence-electron chi connectivity index (χ3n) is 2.21. The Labute approximate surface area is 109 Å². The van der Waals surface area contributed by atoms with Crippen molar-refractivity contribution in [3.05, 3.63) is 24.3 Å². The monoisotopic (exact) mass is 271 g/mol. The van der Waals surface area contributed by atoms with E-state index in [0.29, 0.717) is 13.4 Å². The Morgan fingerprint density at radius 1 is 1.59 bits per heavy atom. The van der Waals surface area contributed by atoms with E-state index in [0.717, 1.165) is 16.3 Å². The molecule has 1 atom stereocenters. The summed E-state index contributed by atoms with van der Waals surface area (Å²) in [4.78, 5) is 1.10. The van der Waals surface area contributed by atoms with Crippen LogP contribution in [0.25, 0.3) is 0 Å². The highest BCUT2D eigenvalue weighted by Gasteiger charge is 2.15. The number of anilines is 1. The Kier molecular flexibility index (Phi) is 4.61. The standard InChI is InChI=1S/C11H13NO3S2/c13-11(16)12-8-2-1-3-10(4-8)17-6-9-5-14-7-15-9/h1-4,9H,5-7H2,(H2,12,13,16). The molecule has 0 spiro atoms. The summed E-state index contributed by atoms with van der Waals surface area (Å²) < 4.78 is 10.5. The van der Waals surface area contributed by atoms with E-state index in [1.54, 1.807) is 11.8 Å². The summed E-state index contributed by atoms with van der Waals surface area (Å²) in [6.45, 7) is 1.05. The fourth-order valence-electron chi connectivity index (χ4n) is 1.44. The molecule has 1 unspecified atom stereocenters. The molecule has 0 bridgehead atoms. The highest BCUT2D eigenvalue weighted by Crippen LogP contribution is 2.23. The van der Waals surface area contributed by atoms with E-state index in [-0.39, 0.29) is 11.3 Å². The molecule has 92 valence electrons. The van der Waals surface area contributed by atoms with Crippen molar-refractivity contribution in [3.8, 4) is 0 Å². The fraction of sp³-hybridized carbons (Fsp3) is 0.364.